The Kier molecular flexibility index (Phi) is 5.36. The van der Waals surface area contributed by atoms with Gasteiger partial charge in [-0.3, -0.25) is 0 Å². The second-order valence-corrected chi connectivity index (χ2v) is 6.61. The van der Waals surface area contributed by atoms with Crippen molar-refractivity contribution in [3.8, 4) is 5.75 Å². The second kappa shape index (κ2) is 7.24. The number of nitrogens with one attached hydrogen (secondary N) is 1. The van der Waals surface area contributed by atoms with Crippen molar-refractivity contribution >= 4 is 10.0 Å². The molecule has 0 fully saturated rings. The van der Waals surface area contributed by atoms with Crippen LogP contribution in [0, 0.1) is 0 Å². The summed E-state index contributed by atoms with van der Waals surface area (Å²) >= 11 is 0. The molecule has 0 bridgehead atoms. The largest absolute Gasteiger partial charge is 0.496 e. The zero-order chi connectivity index (χ0) is 15.1. The molecule has 0 saturated heterocycles. The summed E-state index contributed by atoms with van der Waals surface area (Å²) in [6, 6.07) is 17.0. The summed E-state index contributed by atoms with van der Waals surface area (Å²) in [5, 5.41) is 0. The maximum atomic E-state index is 12.0. The number of ether oxygens (including phenoxy) is 1. The standard InChI is InChI=1S/C16H19NO3S/c1-20-16-10-6-5-9-15(16)13-17-21(18,19)12-11-14-7-3-2-4-8-14/h2-10,17H,11-13H2,1H3. The van der Waals surface area contributed by atoms with E-state index < -0.39 is 10.0 Å². The molecule has 0 heterocycles. The van der Waals surface area contributed by atoms with Gasteiger partial charge >= 0.3 is 0 Å². The number of aryl methyl sites for hydroxylation is 1. The van der Waals surface area contributed by atoms with Crippen LogP contribution in [0.25, 0.3) is 0 Å². The molecule has 0 unspecified atom stereocenters. The van der Waals surface area contributed by atoms with E-state index >= 15 is 0 Å². The Balaban J connectivity index is 1.92. The average Bonchev–Trinajstić information content (AvgIpc) is 2.52. The molecule has 0 aromatic heterocycles. The fourth-order valence-electron chi connectivity index (χ4n) is 2.01. The van der Waals surface area contributed by atoms with E-state index in [9.17, 15) is 8.42 Å². The van der Waals surface area contributed by atoms with Gasteiger partial charge in [0.1, 0.15) is 5.75 Å². The lowest BCUT2D eigenvalue weighted by Gasteiger charge is -2.10. The van der Waals surface area contributed by atoms with Gasteiger partial charge in [-0.25, -0.2) is 13.1 Å². The SMILES string of the molecule is COc1ccccc1CNS(=O)(=O)CCc1ccccc1. The van der Waals surface area contributed by atoms with E-state index in [4.69, 9.17) is 4.74 Å². The molecule has 0 amide bonds. The van der Waals surface area contributed by atoms with Crippen molar-refractivity contribution in [2.24, 2.45) is 0 Å². The number of rotatable bonds is 7. The fraction of sp³-hybridized carbons (Fsp3) is 0.250. The third kappa shape index (κ3) is 4.88. The zero-order valence-corrected chi connectivity index (χ0v) is 12.8. The molecule has 112 valence electrons. The molecule has 2 rings (SSSR count). The number of benzene rings is 2. The number of sulfonamides is 1. The summed E-state index contributed by atoms with van der Waals surface area (Å²) in [5.74, 6) is 0.759. The lowest BCUT2D eigenvalue weighted by molar-refractivity contribution is 0.409. The summed E-state index contributed by atoms with van der Waals surface area (Å²) < 4.78 is 31.9. The minimum Gasteiger partial charge on any atom is -0.496 e. The smallest absolute Gasteiger partial charge is 0.212 e. The molecule has 0 aliphatic rings. The van der Waals surface area contributed by atoms with Gasteiger partial charge in [0.2, 0.25) is 10.0 Å². The first-order chi connectivity index (χ1) is 10.1. The van der Waals surface area contributed by atoms with Crippen LogP contribution in [0.4, 0.5) is 0 Å². The lowest BCUT2D eigenvalue weighted by atomic mass is 10.2. The molecule has 0 radical (unpaired) electrons. The van der Waals surface area contributed by atoms with E-state index in [-0.39, 0.29) is 12.3 Å². The fourth-order valence-corrected chi connectivity index (χ4v) is 3.03. The molecule has 2 aromatic carbocycles. The van der Waals surface area contributed by atoms with Crippen molar-refractivity contribution in [2.75, 3.05) is 12.9 Å². The Morgan fingerprint density at radius 3 is 2.38 bits per heavy atom. The molecule has 0 aliphatic heterocycles. The van der Waals surface area contributed by atoms with E-state index in [1.165, 1.54) is 0 Å². The maximum absolute atomic E-state index is 12.0. The van der Waals surface area contributed by atoms with Gasteiger partial charge in [-0.1, -0.05) is 48.5 Å². The van der Waals surface area contributed by atoms with Crippen LogP contribution >= 0.6 is 0 Å². The number of para-hydroxylation sites is 1. The van der Waals surface area contributed by atoms with Gasteiger partial charge in [0.25, 0.3) is 0 Å². The zero-order valence-electron chi connectivity index (χ0n) is 12.0. The molecule has 0 aliphatic carbocycles. The van der Waals surface area contributed by atoms with Crippen LogP contribution in [0.3, 0.4) is 0 Å². The van der Waals surface area contributed by atoms with Crippen molar-refractivity contribution in [1.29, 1.82) is 0 Å². The Hall–Kier alpha value is -1.85. The van der Waals surface area contributed by atoms with Gasteiger partial charge in [-0.05, 0) is 18.1 Å². The number of hydrogen-bond donors (Lipinski definition) is 1. The van der Waals surface area contributed by atoms with Crippen molar-refractivity contribution in [3.63, 3.8) is 0 Å². The Labute approximate surface area is 125 Å². The van der Waals surface area contributed by atoms with Crippen LogP contribution in [-0.2, 0) is 23.0 Å². The van der Waals surface area contributed by atoms with E-state index in [0.29, 0.717) is 12.2 Å². The van der Waals surface area contributed by atoms with E-state index in [0.717, 1.165) is 11.1 Å². The molecule has 0 atom stereocenters. The Morgan fingerprint density at radius 1 is 1.00 bits per heavy atom. The first-order valence-corrected chi connectivity index (χ1v) is 8.39. The van der Waals surface area contributed by atoms with Gasteiger partial charge in [0.05, 0.1) is 12.9 Å². The molecular weight excluding hydrogens is 286 g/mol. The molecule has 21 heavy (non-hydrogen) atoms. The maximum Gasteiger partial charge on any atom is 0.212 e. The molecular formula is C16H19NO3S. The highest BCUT2D eigenvalue weighted by Gasteiger charge is 2.11. The summed E-state index contributed by atoms with van der Waals surface area (Å²) in [6.45, 7) is 0.237. The van der Waals surface area contributed by atoms with Gasteiger partial charge in [-0.2, -0.15) is 0 Å². The van der Waals surface area contributed by atoms with Crippen molar-refractivity contribution < 1.29 is 13.2 Å². The summed E-state index contributed by atoms with van der Waals surface area (Å²) in [6.07, 6.45) is 0.502. The summed E-state index contributed by atoms with van der Waals surface area (Å²) in [4.78, 5) is 0. The molecule has 1 N–H and O–H groups in total. The van der Waals surface area contributed by atoms with Crippen LogP contribution < -0.4 is 9.46 Å². The van der Waals surface area contributed by atoms with Crippen LogP contribution in [-0.4, -0.2) is 21.3 Å². The third-order valence-corrected chi connectivity index (χ3v) is 4.50. The second-order valence-electron chi connectivity index (χ2n) is 4.69. The Morgan fingerprint density at radius 2 is 1.67 bits per heavy atom. The van der Waals surface area contributed by atoms with Crippen LogP contribution in [0.5, 0.6) is 5.75 Å². The third-order valence-electron chi connectivity index (χ3n) is 3.18. The average molecular weight is 305 g/mol. The van der Waals surface area contributed by atoms with E-state index in [1.807, 2.05) is 54.6 Å². The van der Waals surface area contributed by atoms with E-state index in [1.54, 1.807) is 7.11 Å². The quantitative estimate of drug-likeness (QED) is 0.854. The molecule has 5 heteroatoms. The normalized spacial score (nSPS) is 11.3. The van der Waals surface area contributed by atoms with Crippen molar-refractivity contribution in [1.82, 2.24) is 4.72 Å². The number of methoxy groups -OCH3 is 1. The van der Waals surface area contributed by atoms with Crippen molar-refractivity contribution in [2.45, 2.75) is 13.0 Å². The predicted molar refractivity (Wildman–Crippen MR) is 83.8 cm³/mol. The lowest BCUT2D eigenvalue weighted by Crippen LogP contribution is -2.27. The van der Waals surface area contributed by atoms with Gasteiger partial charge in [-0.15, -0.1) is 0 Å². The van der Waals surface area contributed by atoms with Gasteiger partial charge in [0, 0.05) is 12.1 Å². The molecule has 2 aromatic rings. The molecule has 0 saturated carbocycles. The highest BCUT2D eigenvalue weighted by atomic mass is 32.2. The minimum absolute atomic E-state index is 0.0756. The first kappa shape index (κ1) is 15.5. The molecule has 0 spiro atoms. The first-order valence-electron chi connectivity index (χ1n) is 6.74. The summed E-state index contributed by atoms with van der Waals surface area (Å²) in [5.41, 5.74) is 1.84. The predicted octanol–water partition coefficient (Wildman–Crippen LogP) is 2.36. The monoisotopic (exact) mass is 305 g/mol. The topological polar surface area (TPSA) is 55.4 Å². The van der Waals surface area contributed by atoms with Crippen molar-refractivity contribution in [3.05, 3.63) is 65.7 Å². The van der Waals surface area contributed by atoms with Crippen LogP contribution in [0.1, 0.15) is 11.1 Å². The van der Waals surface area contributed by atoms with Gasteiger partial charge in [0.15, 0.2) is 0 Å². The van der Waals surface area contributed by atoms with E-state index in [2.05, 4.69) is 4.72 Å². The number of hydrogen-bond acceptors (Lipinski definition) is 3. The highest BCUT2D eigenvalue weighted by molar-refractivity contribution is 7.89. The Bertz CT molecular complexity index is 669. The highest BCUT2D eigenvalue weighted by Crippen LogP contribution is 2.17. The van der Waals surface area contributed by atoms with Crippen LogP contribution in [0.2, 0.25) is 0 Å². The van der Waals surface area contributed by atoms with Gasteiger partial charge < -0.3 is 4.74 Å². The minimum atomic E-state index is -3.31. The molecule has 4 nitrogen and oxygen atoms in total. The summed E-state index contributed by atoms with van der Waals surface area (Å²) in [7, 11) is -1.74. The van der Waals surface area contributed by atoms with Crippen LogP contribution in [0.15, 0.2) is 54.6 Å².